The first kappa shape index (κ1) is 17.2. The summed E-state index contributed by atoms with van der Waals surface area (Å²) in [5.41, 5.74) is 2.19. The van der Waals surface area contributed by atoms with E-state index in [-0.39, 0.29) is 6.79 Å². The smallest absolute Gasteiger partial charge is 0.258 e. The molecule has 0 bridgehead atoms. The largest absolute Gasteiger partial charge is 0.454 e. The number of nitrogens with one attached hydrogen (secondary N) is 1. The van der Waals surface area contributed by atoms with Crippen LogP contribution in [-0.4, -0.2) is 41.0 Å². The fraction of sp³-hybridized carbons (Fsp3) is 0.333. The van der Waals surface area contributed by atoms with Gasteiger partial charge in [0, 0.05) is 31.2 Å². The van der Waals surface area contributed by atoms with Crippen molar-refractivity contribution >= 4 is 0 Å². The van der Waals surface area contributed by atoms with E-state index in [1.165, 1.54) is 5.56 Å². The Morgan fingerprint density at radius 2 is 1.96 bits per heavy atom. The number of likely N-dealkylation sites (tertiary alicyclic amines) is 1. The van der Waals surface area contributed by atoms with Gasteiger partial charge in [-0.3, -0.25) is 4.90 Å². The van der Waals surface area contributed by atoms with Gasteiger partial charge in [0.05, 0.1) is 6.54 Å². The summed E-state index contributed by atoms with van der Waals surface area (Å²) in [6.07, 6.45) is 1.12. The van der Waals surface area contributed by atoms with Crippen LogP contribution in [0.4, 0.5) is 0 Å². The summed E-state index contributed by atoms with van der Waals surface area (Å²) < 4.78 is 16.2. The monoisotopic (exact) mass is 378 g/mol. The number of benzene rings is 2. The van der Waals surface area contributed by atoms with Crippen LogP contribution >= 0.6 is 0 Å². The summed E-state index contributed by atoms with van der Waals surface area (Å²) in [4.78, 5) is 6.98. The molecule has 144 valence electrons. The van der Waals surface area contributed by atoms with Crippen LogP contribution in [0.25, 0.3) is 11.5 Å². The van der Waals surface area contributed by atoms with Crippen LogP contribution in [-0.2, 0) is 13.1 Å². The molecule has 2 aliphatic rings. The lowest BCUT2D eigenvalue weighted by molar-refractivity contribution is 0.174. The molecule has 3 aromatic rings. The first-order valence-corrected chi connectivity index (χ1v) is 9.56. The summed E-state index contributed by atoms with van der Waals surface area (Å²) in [5.74, 6) is 2.60. The lowest BCUT2D eigenvalue weighted by Gasteiger charge is -2.16. The molecule has 3 heterocycles. The maximum atomic E-state index is 5.42. The van der Waals surface area contributed by atoms with Gasteiger partial charge in [-0.25, -0.2) is 0 Å². The minimum absolute atomic E-state index is 0.250. The Labute approximate surface area is 163 Å². The SMILES string of the molecule is c1ccc(CN2CC[C@@H](NCc3noc(-c4ccc5c(c4)OCO5)n3)C2)cc1. The Bertz CT molecular complexity index is 944. The predicted molar refractivity (Wildman–Crippen MR) is 103 cm³/mol. The van der Waals surface area contributed by atoms with Crippen molar-refractivity contribution in [3.05, 3.63) is 59.9 Å². The Kier molecular flexibility index (Phi) is 4.68. The highest BCUT2D eigenvalue weighted by molar-refractivity contribution is 5.60. The summed E-state index contributed by atoms with van der Waals surface area (Å²) in [6.45, 7) is 3.97. The molecular formula is C21H22N4O3. The highest BCUT2D eigenvalue weighted by atomic mass is 16.7. The van der Waals surface area contributed by atoms with Crippen molar-refractivity contribution in [3.8, 4) is 23.0 Å². The second-order valence-corrected chi connectivity index (χ2v) is 7.17. The predicted octanol–water partition coefficient (Wildman–Crippen LogP) is 2.83. The van der Waals surface area contributed by atoms with Crippen molar-refractivity contribution in [2.24, 2.45) is 0 Å². The molecule has 2 aromatic carbocycles. The van der Waals surface area contributed by atoms with Gasteiger partial charge in [-0.15, -0.1) is 0 Å². The van der Waals surface area contributed by atoms with Gasteiger partial charge >= 0.3 is 0 Å². The average Bonchev–Trinajstić information content (AvgIpc) is 3.47. The number of hydrogen-bond donors (Lipinski definition) is 1. The molecule has 0 saturated carbocycles. The van der Waals surface area contributed by atoms with E-state index in [0.717, 1.165) is 37.4 Å². The third-order valence-corrected chi connectivity index (χ3v) is 5.16. The minimum atomic E-state index is 0.250. The molecular weight excluding hydrogens is 356 g/mol. The molecule has 5 rings (SSSR count). The number of ether oxygens (including phenoxy) is 2. The van der Waals surface area contributed by atoms with Gasteiger partial charge in [-0.2, -0.15) is 4.98 Å². The quantitative estimate of drug-likeness (QED) is 0.707. The van der Waals surface area contributed by atoms with E-state index in [4.69, 9.17) is 14.0 Å². The van der Waals surface area contributed by atoms with Crippen molar-refractivity contribution in [3.63, 3.8) is 0 Å². The molecule has 0 aliphatic carbocycles. The normalized spacial score (nSPS) is 18.6. The van der Waals surface area contributed by atoms with Crippen LogP contribution in [0, 0.1) is 0 Å². The molecule has 28 heavy (non-hydrogen) atoms. The number of fused-ring (bicyclic) bond motifs is 1. The van der Waals surface area contributed by atoms with Crippen LogP contribution in [0.5, 0.6) is 11.5 Å². The molecule has 0 spiro atoms. The van der Waals surface area contributed by atoms with Crippen molar-refractivity contribution in [1.29, 1.82) is 0 Å². The van der Waals surface area contributed by atoms with Gasteiger partial charge in [0.25, 0.3) is 5.89 Å². The van der Waals surface area contributed by atoms with Gasteiger partial charge in [0.15, 0.2) is 17.3 Å². The zero-order valence-corrected chi connectivity index (χ0v) is 15.5. The number of nitrogens with zero attached hydrogens (tertiary/aromatic N) is 3. The van der Waals surface area contributed by atoms with E-state index in [0.29, 0.717) is 30.1 Å². The molecule has 7 nitrogen and oxygen atoms in total. The van der Waals surface area contributed by atoms with Crippen LogP contribution in [0.1, 0.15) is 17.8 Å². The molecule has 1 fully saturated rings. The fourth-order valence-electron chi connectivity index (χ4n) is 3.69. The lowest BCUT2D eigenvalue weighted by atomic mass is 10.2. The summed E-state index contributed by atoms with van der Waals surface area (Å²) in [6, 6.07) is 16.7. The minimum Gasteiger partial charge on any atom is -0.454 e. The molecule has 1 saturated heterocycles. The molecule has 1 atom stereocenters. The molecule has 0 unspecified atom stereocenters. The van der Waals surface area contributed by atoms with Crippen LogP contribution in [0.3, 0.4) is 0 Å². The van der Waals surface area contributed by atoms with Gasteiger partial charge in [-0.05, 0) is 30.2 Å². The first-order chi connectivity index (χ1) is 13.8. The zero-order valence-electron chi connectivity index (χ0n) is 15.5. The number of rotatable bonds is 6. The van der Waals surface area contributed by atoms with Crippen molar-refractivity contribution in [1.82, 2.24) is 20.4 Å². The van der Waals surface area contributed by atoms with E-state index in [9.17, 15) is 0 Å². The topological polar surface area (TPSA) is 72.7 Å². The molecule has 1 N–H and O–H groups in total. The zero-order chi connectivity index (χ0) is 18.8. The van der Waals surface area contributed by atoms with Gasteiger partial charge in [-0.1, -0.05) is 35.5 Å². The van der Waals surface area contributed by atoms with Crippen LogP contribution in [0.2, 0.25) is 0 Å². The van der Waals surface area contributed by atoms with Gasteiger partial charge in [0.1, 0.15) is 0 Å². The molecule has 0 amide bonds. The van der Waals surface area contributed by atoms with E-state index >= 15 is 0 Å². The molecule has 1 aromatic heterocycles. The molecule has 2 aliphatic heterocycles. The second kappa shape index (κ2) is 7.61. The second-order valence-electron chi connectivity index (χ2n) is 7.17. The van der Waals surface area contributed by atoms with Crippen molar-refractivity contribution in [2.45, 2.75) is 25.6 Å². The Hall–Kier alpha value is -2.90. The van der Waals surface area contributed by atoms with E-state index in [1.807, 2.05) is 18.2 Å². The van der Waals surface area contributed by atoms with Crippen molar-refractivity contribution < 1.29 is 14.0 Å². The number of aromatic nitrogens is 2. The third-order valence-electron chi connectivity index (χ3n) is 5.16. The Balaban J connectivity index is 1.15. The van der Waals surface area contributed by atoms with Gasteiger partial charge in [0.2, 0.25) is 6.79 Å². The van der Waals surface area contributed by atoms with Gasteiger partial charge < -0.3 is 19.3 Å². The van der Waals surface area contributed by atoms with E-state index in [2.05, 4.69) is 50.7 Å². The number of hydrogen-bond acceptors (Lipinski definition) is 7. The van der Waals surface area contributed by atoms with Crippen LogP contribution < -0.4 is 14.8 Å². The summed E-state index contributed by atoms with van der Waals surface area (Å²) >= 11 is 0. The standard InChI is InChI=1S/C21H22N4O3/c1-2-4-15(5-3-1)12-25-9-8-17(13-25)22-11-20-23-21(28-24-20)16-6-7-18-19(10-16)27-14-26-18/h1-7,10,17,22H,8-9,11-14H2/t17-/m1/s1. The lowest BCUT2D eigenvalue weighted by Crippen LogP contribution is -2.32. The van der Waals surface area contributed by atoms with E-state index in [1.54, 1.807) is 0 Å². The highest BCUT2D eigenvalue weighted by Gasteiger charge is 2.23. The highest BCUT2D eigenvalue weighted by Crippen LogP contribution is 2.35. The summed E-state index contributed by atoms with van der Waals surface area (Å²) in [7, 11) is 0. The molecule has 7 heteroatoms. The maximum absolute atomic E-state index is 5.42. The molecule has 0 radical (unpaired) electrons. The van der Waals surface area contributed by atoms with E-state index < -0.39 is 0 Å². The third kappa shape index (κ3) is 3.72. The van der Waals surface area contributed by atoms with Crippen molar-refractivity contribution in [2.75, 3.05) is 19.9 Å². The fourth-order valence-corrected chi connectivity index (χ4v) is 3.69. The average molecular weight is 378 g/mol. The first-order valence-electron chi connectivity index (χ1n) is 9.56. The Morgan fingerprint density at radius 1 is 1.07 bits per heavy atom. The Morgan fingerprint density at radius 3 is 2.89 bits per heavy atom. The summed E-state index contributed by atoms with van der Waals surface area (Å²) in [5, 5.41) is 7.65. The maximum Gasteiger partial charge on any atom is 0.258 e. The van der Waals surface area contributed by atoms with Crippen LogP contribution in [0.15, 0.2) is 53.1 Å².